The Morgan fingerprint density at radius 3 is 2.50 bits per heavy atom. The summed E-state index contributed by atoms with van der Waals surface area (Å²) in [5, 5.41) is 3.57. The first-order valence-corrected chi connectivity index (χ1v) is 7.60. The van der Waals surface area contributed by atoms with Crippen LogP contribution in [-0.4, -0.2) is 28.1 Å². The Morgan fingerprint density at radius 2 is 1.86 bits per heavy atom. The highest BCUT2D eigenvalue weighted by Crippen LogP contribution is 2.31. The molecule has 5 nitrogen and oxygen atoms in total. The first-order valence-electron chi connectivity index (χ1n) is 7.60. The molecule has 0 aliphatic carbocycles. The quantitative estimate of drug-likeness (QED) is 0.862. The highest BCUT2D eigenvalue weighted by atomic mass is 16.6. The van der Waals surface area contributed by atoms with Gasteiger partial charge in [-0.1, -0.05) is 12.1 Å². The van der Waals surface area contributed by atoms with E-state index in [4.69, 9.17) is 9.15 Å². The first kappa shape index (κ1) is 15.0. The van der Waals surface area contributed by atoms with Crippen LogP contribution in [0.2, 0.25) is 0 Å². The number of para-hydroxylation sites is 2. The maximum Gasteiger partial charge on any atom is 0.394 e. The van der Waals surface area contributed by atoms with E-state index in [0.717, 1.165) is 12.8 Å². The molecule has 5 heteroatoms. The van der Waals surface area contributed by atoms with E-state index in [-0.39, 0.29) is 23.1 Å². The van der Waals surface area contributed by atoms with Crippen LogP contribution >= 0.6 is 0 Å². The number of ether oxygens (including phenoxy) is 1. The number of carbonyl (C=O) groups is 1. The monoisotopic (exact) mass is 302 g/mol. The van der Waals surface area contributed by atoms with Crippen molar-refractivity contribution in [3.05, 3.63) is 30.2 Å². The van der Waals surface area contributed by atoms with Gasteiger partial charge in [0.2, 0.25) is 0 Å². The van der Waals surface area contributed by atoms with Crippen molar-refractivity contribution in [1.29, 1.82) is 0 Å². The van der Waals surface area contributed by atoms with Crippen molar-refractivity contribution in [3.63, 3.8) is 0 Å². The van der Waals surface area contributed by atoms with Gasteiger partial charge >= 0.3 is 11.9 Å². The Labute approximate surface area is 130 Å². The minimum absolute atomic E-state index is 0.0235. The van der Waals surface area contributed by atoms with Gasteiger partial charge in [0.15, 0.2) is 5.58 Å². The van der Waals surface area contributed by atoms with Crippen LogP contribution in [0.15, 0.2) is 28.7 Å². The molecule has 3 rings (SSSR count). The number of nitrogens with one attached hydrogen (secondary N) is 1. The zero-order chi connectivity index (χ0) is 16.0. The molecule has 0 bridgehead atoms. The minimum Gasteiger partial charge on any atom is -0.455 e. The van der Waals surface area contributed by atoms with E-state index in [1.54, 1.807) is 6.07 Å². The summed E-state index contributed by atoms with van der Waals surface area (Å²) < 4.78 is 11.1. The van der Waals surface area contributed by atoms with Gasteiger partial charge in [-0.05, 0) is 39.8 Å². The number of hydrogen-bond donors (Lipinski definition) is 1. The van der Waals surface area contributed by atoms with E-state index in [9.17, 15) is 4.79 Å². The molecule has 2 aromatic rings. The number of hydrogen-bond acceptors (Lipinski definition) is 5. The number of benzene rings is 1. The van der Waals surface area contributed by atoms with Crippen molar-refractivity contribution in [2.24, 2.45) is 0 Å². The second kappa shape index (κ2) is 5.09. The second-order valence-corrected chi connectivity index (χ2v) is 7.32. The molecule has 1 aromatic carbocycles. The number of carbonyl (C=O) groups excluding carboxylic acids is 1. The van der Waals surface area contributed by atoms with Crippen molar-refractivity contribution < 1.29 is 13.9 Å². The van der Waals surface area contributed by atoms with Gasteiger partial charge in [-0.15, -0.1) is 0 Å². The highest BCUT2D eigenvalue weighted by molar-refractivity contribution is 5.88. The zero-order valence-electron chi connectivity index (χ0n) is 13.5. The summed E-state index contributed by atoms with van der Waals surface area (Å²) in [4.78, 5) is 16.5. The van der Waals surface area contributed by atoms with Crippen LogP contribution < -0.4 is 5.32 Å². The van der Waals surface area contributed by atoms with Crippen LogP contribution in [0, 0.1) is 0 Å². The molecule has 1 aliphatic heterocycles. The maximum absolute atomic E-state index is 12.3. The van der Waals surface area contributed by atoms with E-state index in [1.807, 2.05) is 18.2 Å². The van der Waals surface area contributed by atoms with Gasteiger partial charge in [0, 0.05) is 23.9 Å². The van der Waals surface area contributed by atoms with Crippen LogP contribution in [0.5, 0.6) is 0 Å². The molecule has 118 valence electrons. The van der Waals surface area contributed by atoms with Crippen LogP contribution in [0.3, 0.4) is 0 Å². The number of aromatic nitrogens is 1. The fourth-order valence-electron chi connectivity index (χ4n) is 3.47. The van der Waals surface area contributed by atoms with Crippen molar-refractivity contribution in [2.45, 2.75) is 57.7 Å². The Bertz CT molecular complexity index is 654. The second-order valence-electron chi connectivity index (χ2n) is 7.32. The maximum atomic E-state index is 12.3. The first-order chi connectivity index (χ1) is 10.2. The van der Waals surface area contributed by atoms with Crippen LogP contribution in [0.1, 0.15) is 51.2 Å². The lowest BCUT2D eigenvalue weighted by Gasteiger charge is -2.45. The third-order valence-corrected chi connectivity index (χ3v) is 3.89. The Hall–Kier alpha value is -1.88. The average Bonchev–Trinajstić information content (AvgIpc) is 2.78. The van der Waals surface area contributed by atoms with Gasteiger partial charge < -0.3 is 14.5 Å². The summed E-state index contributed by atoms with van der Waals surface area (Å²) >= 11 is 0. The average molecular weight is 302 g/mol. The molecular formula is C17H22N2O3. The summed E-state index contributed by atoms with van der Waals surface area (Å²) in [7, 11) is 0. The topological polar surface area (TPSA) is 64.4 Å². The summed E-state index contributed by atoms with van der Waals surface area (Å²) in [5.41, 5.74) is 1.11. The van der Waals surface area contributed by atoms with E-state index < -0.39 is 5.97 Å². The number of rotatable bonds is 2. The van der Waals surface area contributed by atoms with Crippen LogP contribution in [0.25, 0.3) is 11.1 Å². The lowest BCUT2D eigenvalue weighted by molar-refractivity contribution is -0.00944. The summed E-state index contributed by atoms with van der Waals surface area (Å²) in [6, 6.07) is 7.31. The predicted octanol–water partition coefficient (Wildman–Crippen LogP) is 3.29. The standard InChI is InChI=1S/C17H22N2O3/c1-16(2)9-11(10-17(3,4)19-16)21-15(20)14-18-12-7-5-6-8-13(12)22-14/h5-8,11,19H,9-10H2,1-4H3. The van der Waals surface area contributed by atoms with Crippen molar-refractivity contribution in [2.75, 3.05) is 0 Å². The summed E-state index contributed by atoms with van der Waals surface area (Å²) in [6.45, 7) is 8.48. The number of piperidine rings is 1. The van der Waals surface area contributed by atoms with Gasteiger partial charge in [0.05, 0.1) is 0 Å². The molecule has 1 aromatic heterocycles. The molecule has 2 heterocycles. The molecule has 0 unspecified atom stereocenters. The minimum atomic E-state index is -0.491. The van der Waals surface area contributed by atoms with E-state index in [2.05, 4.69) is 38.0 Å². The molecule has 1 aliphatic rings. The molecule has 1 fully saturated rings. The molecule has 22 heavy (non-hydrogen) atoms. The Balaban J connectivity index is 1.76. The third-order valence-electron chi connectivity index (χ3n) is 3.89. The molecule has 1 saturated heterocycles. The lowest BCUT2D eigenvalue weighted by atomic mass is 9.81. The molecule has 0 radical (unpaired) electrons. The highest BCUT2D eigenvalue weighted by Gasteiger charge is 2.39. The zero-order valence-corrected chi connectivity index (χ0v) is 13.5. The largest absolute Gasteiger partial charge is 0.455 e. The van der Waals surface area contributed by atoms with Crippen molar-refractivity contribution in [3.8, 4) is 0 Å². The molecule has 0 atom stereocenters. The molecule has 0 spiro atoms. The SMILES string of the molecule is CC1(C)CC(OC(=O)c2nc3ccccc3o2)CC(C)(C)N1. The van der Waals surface area contributed by atoms with Gasteiger partial charge in [0.1, 0.15) is 11.6 Å². The number of oxazole rings is 1. The van der Waals surface area contributed by atoms with E-state index in [0.29, 0.717) is 11.1 Å². The summed E-state index contributed by atoms with van der Waals surface area (Å²) in [5.74, 6) is -0.468. The Morgan fingerprint density at radius 1 is 1.23 bits per heavy atom. The fourth-order valence-corrected chi connectivity index (χ4v) is 3.47. The van der Waals surface area contributed by atoms with E-state index >= 15 is 0 Å². The van der Waals surface area contributed by atoms with Gasteiger partial charge in [-0.25, -0.2) is 9.78 Å². The van der Waals surface area contributed by atoms with Gasteiger partial charge in [-0.3, -0.25) is 0 Å². The van der Waals surface area contributed by atoms with Crippen LogP contribution in [-0.2, 0) is 4.74 Å². The number of nitrogens with zero attached hydrogens (tertiary/aromatic N) is 1. The molecule has 1 N–H and O–H groups in total. The third kappa shape index (κ3) is 3.14. The summed E-state index contributed by atoms with van der Waals surface area (Å²) in [6.07, 6.45) is 1.39. The van der Waals surface area contributed by atoms with Gasteiger partial charge in [-0.2, -0.15) is 0 Å². The fraction of sp³-hybridized carbons (Fsp3) is 0.529. The molecule has 0 saturated carbocycles. The van der Waals surface area contributed by atoms with E-state index in [1.165, 1.54) is 0 Å². The molecular weight excluding hydrogens is 280 g/mol. The van der Waals surface area contributed by atoms with Crippen molar-refractivity contribution in [1.82, 2.24) is 10.3 Å². The van der Waals surface area contributed by atoms with Crippen molar-refractivity contribution >= 4 is 17.1 Å². The predicted molar refractivity (Wildman–Crippen MR) is 83.7 cm³/mol. The van der Waals surface area contributed by atoms with Crippen LogP contribution in [0.4, 0.5) is 0 Å². The normalized spacial score (nSPS) is 20.9. The number of esters is 1. The smallest absolute Gasteiger partial charge is 0.394 e. The Kier molecular flexibility index (Phi) is 3.48. The lowest BCUT2D eigenvalue weighted by Crippen LogP contribution is -2.59. The van der Waals surface area contributed by atoms with Gasteiger partial charge in [0.25, 0.3) is 0 Å². The molecule has 0 amide bonds. The number of fused-ring (bicyclic) bond motifs is 1.